The van der Waals surface area contributed by atoms with Gasteiger partial charge >= 0.3 is 0 Å². The molecule has 0 aliphatic carbocycles. The van der Waals surface area contributed by atoms with E-state index in [-0.39, 0.29) is 0 Å². The standard InChI is InChI=1S/3C10H20N2.3C2H6/c2*1-11-6-3-10(4-7-11)5-8-12(2)9-10;1-11-7-3-5-10(9-11)6-4-8-12(10)2;3*1-2/h3*3-9H2,1-2H3;3*1-2H3. The van der Waals surface area contributed by atoms with Crippen LogP contribution < -0.4 is 0 Å². The van der Waals surface area contributed by atoms with Crippen LogP contribution in [0.2, 0.25) is 0 Å². The lowest BCUT2D eigenvalue weighted by atomic mass is 9.78. The summed E-state index contributed by atoms with van der Waals surface area (Å²) in [7, 11) is 13.6. The van der Waals surface area contributed by atoms with Crippen molar-refractivity contribution in [2.45, 2.75) is 111 Å². The first-order valence-corrected chi connectivity index (χ1v) is 18.3. The molecule has 252 valence electrons. The molecule has 0 aromatic carbocycles. The van der Waals surface area contributed by atoms with Crippen LogP contribution in [0.5, 0.6) is 0 Å². The summed E-state index contributed by atoms with van der Waals surface area (Å²) < 4.78 is 0. The average Bonchev–Trinajstić information content (AvgIpc) is 3.68. The Hall–Kier alpha value is -0.240. The minimum atomic E-state index is 0.562. The van der Waals surface area contributed by atoms with Gasteiger partial charge in [-0.3, -0.25) is 4.90 Å². The lowest BCUT2D eigenvalue weighted by Crippen LogP contribution is -2.53. The zero-order valence-corrected chi connectivity index (χ0v) is 31.0. The first-order chi connectivity index (χ1) is 20.1. The molecule has 42 heavy (non-hydrogen) atoms. The molecule has 0 saturated carbocycles. The van der Waals surface area contributed by atoms with Crippen molar-refractivity contribution >= 4 is 0 Å². The van der Waals surface area contributed by atoms with Gasteiger partial charge in [-0.2, -0.15) is 0 Å². The van der Waals surface area contributed by atoms with Crippen molar-refractivity contribution in [1.29, 1.82) is 0 Å². The van der Waals surface area contributed by atoms with Gasteiger partial charge in [-0.25, -0.2) is 0 Å². The average molecular weight is 595 g/mol. The summed E-state index contributed by atoms with van der Waals surface area (Å²) in [6.07, 6.45) is 14.2. The summed E-state index contributed by atoms with van der Waals surface area (Å²) in [4.78, 5) is 15.0. The Morgan fingerprint density at radius 3 is 0.952 bits per heavy atom. The van der Waals surface area contributed by atoms with E-state index in [1.165, 1.54) is 136 Å². The molecule has 1 atom stereocenters. The molecule has 6 heteroatoms. The molecule has 6 rings (SSSR count). The van der Waals surface area contributed by atoms with Crippen LogP contribution in [0.1, 0.15) is 106 Å². The number of piperidine rings is 3. The third-order valence-corrected chi connectivity index (χ3v) is 11.0. The summed E-state index contributed by atoms with van der Waals surface area (Å²) in [6.45, 7) is 26.5. The van der Waals surface area contributed by atoms with Crippen molar-refractivity contribution in [1.82, 2.24) is 29.4 Å². The van der Waals surface area contributed by atoms with Crippen molar-refractivity contribution in [2.24, 2.45) is 10.8 Å². The van der Waals surface area contributed by atoms with Crippen molar-refractivity contribution in [3.63, 3.8) is 0 Å². The van der Waals surface area contributed by atoms with Gasteiger partial charge in [0.25, 0.3) is 0 Å². The second kappa shape index (κ2) is 20.0. The number of hydrogen-bond donors (Lipinski definition) is 0. The molecular formula is C36H78N6. The first kappa shape index (κ1) is 39.8. The van der Waals surface area contributed by atoms with Gasteiger partial charge < -0.3 is 24.5 Å². The third kappa shape index (κ3) is 11.9. The predicted molar refractivity (Wildman–Crippen MR) is 188 cm³/mol. The summed E-state index contributed by atoms with van der Waals surface area (Å²) in [6, 6.07) is 0. The Morgan fingerprint density at radius 1 is 0.333 bits per heavy atom. The molecule has 6 aliphatic rings. The van der Waals surface area contributed by atoms with Gasteiger partial charge in [0.1, 0.15) is 0 Å². The van der Waals surface area contributed by atoms with E-state index < -0.39 is 0 Å². The zero-order chi connectivity index (χ0) is 31.8. The van der Waals surface area contributed by atoms with Crippen molar-refractivity contribution in [2.75, 3.05) is 114 Å². The largest absolute Gasteiger partial charge is 0.306 e. The predicted octanol–water partition coefficient (Wildman–Crippen LogP) is 6.32. The molecule has 6 nitrogen and oxygen atoms in total. The van der Waals surface area contributed by atoms with Crippen LogP contribution in [0.3, 0.4) is 0 Å². The summed E-state index contributed by atoms with van der Waals surface area (Å²) in [5.41, 5.74) is 1.98. The van der Waals surface area contributed by atoms with E-state index in [0.717, 1.165) is 0 Å². The van der Waals surface area contributed by atoms with E-state index in [4.69, 9.17) is 0 Å². The van der Waals surface area contributed by atoms with E-state index in [2.05, 4.69) is 71.7 Å². The van der Waals surface area contributed by atoms with Gasteiger partial charge in [0.15, 0.2) is 0 Å². The van der Waals surface area contributed by atoms with Crippen LogP contribution in [0.25, 0.3) is 0 Å². The van der Waals surface area contributed by atoms with Crippen molar-refractivity contribution < 1.29 is 0 Å². The quantitative estimate of drug-likeness (QED) is 0.325. The second-order valence-corrected chi connectivity index (χ2v) is 14.2. The Kier molecular flexibility index (Phi) is 18.9. The van der Waals surface area contributed by atoms with Gasteiger partial charge in [0.05, 0.1) is 0 Å². The maximum absolute atomic E-state index is 2.59. The minimum absolute atomic E-state index is 0.562. The van der Waals surface area contributed by atoms with Crippen molar-refractivity contribution in [3.8, 4) is 0 Å². The molecule has 6 saturated heterocycles. The van der Waals surface area contributed by atoms with E-state index in [0.29, 0.717) is 16.4 Å². The number of likely N-dealkylation sites (tertiary alicyclic amines) is 6. The first-order valence-electron chi connectivity index (χ1n) is 18.3. The Labute approximate surface area is 265 Å². The zero-order valence-electron chi connectivity index (χ0n) is 31.0. The van der Waals surface area contributed by atoms with Crippen LogP contribution in [-0.2, 0) is 0 Å². The number of hydrogen-bond acceptors (Lipinski definition) is 6. The lowest BCUT2D eigenvalue weighted by Gasteiger charge is -2.43. The highest BCUT2D eigenvalue weighted by Gasteiger charge is 2.41. The molecule has 0 aromatic heterocycles. The monoisotopic (exact) mass is 595 g/mol. The number of likely N-dealkylation sites (N-methyl/N-ethyl adjacent to an activating group) is 2. The maximum atomic E-state index is 2.59. The van der Waals surface area contributed by atoms with E-state index in [1.807, 2.05) is 41.5 Å². The highest BCUT2D eigenvalue weighted by atomic mass is 15.3. The Bertz CT molecular complexity index is 632. The minimum Gasteiger partial charge on any atom is -0.306 e. The number of nitrogens with zero attached hydrogens (tertiary/aromatic N) is 6. The summed E-state index contributed by atoms with van der Waals surface area (Å²) in [5.74, 6) is 0. The molecule has 0 radical (unpaired) electrons. The van der Waals surface area contributed by atoms with Gasteiger partial charge in [0.2, 0.25) is 0 Å². The molecule has 3 spiro atoms. The Morgan fingerprint density at radius 2 is 0.643 bits per heavy atom. The van der Waals surface area contributed by atoms with E-state index in [9.17, 15) is 0 Å². The van der Waals surface area contributed by atoms with Crippen LogP contribution >= 0.6 is 0 Å². The van der Waals surface area contributed by atoms with E-state index >= 15 is 0 Å². The molecule has 0 N–H and O–H groups in total. The van der Waals surface area contributed by atoms with E-state index in [1.54, 1.807) is 0 Å². The lowest BCUT2D eigenvalue weighted by molar-refractivity contribution is 0.0720. The van der Waals surface area contributed by atoms with Crippen LogP contribution in [-0.4, -0.2) is 149 Å². The van der Waals surface area contributed by atoms with Crippen LogP contribution in [0.15, 0.2) is 0 Å². The van der Waals surface area contributed by atoms with Gasteiger partial charge in [-0.15, -0.1) is 0 Å². The maximum Gasteiger partial charge on any atom is 0.0334 e. The number of rotatable bonds is 0. The van der Waals surface area contributed by atoms with Gasteiger partial charge in [0, 0.05) is 25.2 Å². The normalized spacial score (nSPS) is 29.7. The topological polar surface area (TPSA) is 19.4 Å². The molecule has 0 amide bonds. The molecule has 6 heterocycles. The fourth-order valence-corrected chi connectivity index (χ4v) is 8.25. The van der Waals surface area contributed by atoms with Crippen LogP contribution in [0, 0.1) is 10.8 Å². The third-order valence-electron chi connectivity index (χ3n) is 11.0. The smallest absolute Gasteiger partial charge is 0.0334 e. The van der Waals surface area contributed by atoms with Gasteiger partial charge in [-0.1, -0.05) is 41.5 Å². The fourth-order valence-electron chi connectivity index (χ4n) is 8.25. The van der Waals surface area contributed by atoms with Crippen LogP contribution in [0.4, 0.5) is 0 Å². The highest BCUT2D eigenvalue weighted by Crippen LogP contribution is 2.40. The Balaban J connectivity index is 0.000000289. The molecule has 0 bridgehead atoms. The fraction of sp³-hybridized carbons (Fsp3) is 1.00. The second-order valence-electron chi connectivity index (χ2n) is 14.2. The summed E-state index contributed by atoms with van der Waals surface area (Å²) in [5, 5.41) is 0. The van der Waals surface area contributed by atoms with Crippen molar-refractivity contribution in [3.05, 3.63) is 0 Å². The molecule has 6 fully saturated rings. The molecule has 0 aromatic rings. The molecule has 6 aliphatic heterocycles. The molecule has 1 unspecified atom stereocenters. The van der Waals surface area contributed by atoms with Gasteiger partial charge in [-0.05, 0) is 170 Å². The summed E-state index contributed by atoms with van der Waals surface area (Å²) >= 11 is 0. The molecular weight excluding hydrogens is 516 g/mol. The highest BCUT2D eigenvalue weighted by molar-refractivity contribution is 4.98. The SMILES string of the molecule is CC.CC.CC.CN1CCC2(CC1)CCN(C)C2.CN1CCC2(CC1)CCN(C)C2.CN1CCCC2(CCCN2C)C1.